The van der Waals surface area contributed by atoms with Gasteiger partial charge in [-0.25, -0.2) is 13.4 Å². The third-order valence-electron chi connectivity index (χ3n) is 6.33. The third kappa shape index (κ3) is 5.16. The van der Waals surface area contributed by atoms with Crippen LogP contribution in [0.5, 0.6) is 0 Å². The van der Waals surface area contributed by atoms with E-state index >= 15 is 0 Å². The Balaban J connectivity index is 1.41. The molecule has 0 aliphatic carbocycles. The second-order valence-electron chi connectivity index (χ2n) is 8.68. The molecule has 2 saturated heterocycles. The van der Waals surface area contributed by atoms with Gasteiger partial charge in [0.2, 0.25) is 5.91 Å². The van der Waals surface area contributed by atoms with Crippen molar-refractivity contribution in [1.82, 2.24) is 19.4 Å². The molecule has 2 aliphatic rings. The fourth-order valence-corrected chi connectivity index (χ4v) is 5.00. The van der Waals surface area contributed by atoms with E-state index in [4.69, 9.17) is 4.74 Å². The van der Waals surface area contributed by atoms with Gasteiger partial charge in [0.05, 0.1) is 36.6 Å². The van der Waals surface area contributed by atoms with Crippen molar-refractivity contribution in [1.29, 1.82) is 0 Å². The molecule has 0 N–H and O–H groups in total. The van der Waals surface area contributed by atoms with Crippen LogP contribution in [0.1, 0.15) is 30.7 Å². The molecule has 2 aromatic rings. The Morgan fingerprint density at radius 2 is 1.84 bits per heavy atom. The highest BCUT2D eigenvalue weighted by Crippen LogP contribution is 2.31. The Bertz CT molecular complexity index is 1020. The number of rotatable bonds is 5. The number of carbonyl (C=O) groups excluding carboxylic acids is 1. The van der Waals surface area contributed by atoms with Crippen LogP contribution in [0.15, 0.2) is 41.6 Å². The number of benzene rings is 1. The lowest BCUT2D eigenvalue weighted by atomic mass is 9.90. The maximum atomic E-state index is 12.7. The van der Waals surface area contributed by atoms with E-state index in [1.54, 1.807) is 24.3 Å². The fraction of sp³-hybridized carbons (Fsp3) is 0.545. The summed E-state index contributed by atoms with van der Waals surface area (Å²) < 4.78 is 31.7. The molecule has 1 aromatic heterocycles. The van der Waals surface area contributed by atoms with Gasteiger partial charge >= 0.3 is 0 Å². The molecule has 2 aliphatic heterocycles. The normalized spacial score (nSPS) is 20.2. The molecule has 0 radical (unpaired) electrons. The summed E-state index contributed by atoms with van der Waals surface area (Å²) >= 11 is 0. The van der Waals surface area contributed by atoms with E-state index in [0.29, 0.717) is 31.0 Å². The van der Waals surface area contributed by atoms with Crippen LogP contribution in [0.2, 0.25) is 0 Å². The van der Waals surface area contributed by atoms with Gasteiger partial charge in [0, 0.05) is 45.3 Å². The number of piperidine rings is 1. The summed E-state index contributed by atoms with van der Waals surface area (Å²) in [6.07, 6.45) is 7.09. The molecule has 3 heterocycles. The summed E-state index contributed by atoms with van der Waals surface area (Å²) in [7, 11) is -1.22. The first kappa shape index (κ1) is 22.0. The van der Waals surface area contributed by atoms with Gasteiger partial charge in [-0.2, -0.15) is 0 Å². The lowest BCUT2D eigenvalue weighted by Crippen LogP contribution is -2.51. The van der Waals surface area contributed by atoms with Gasteiger partial charge in [-0.3, -0.25) is 9.69 Å². The summed E-state index contributed by atoms with van der Waals surface area (Å²) in [4.78, 5) is 21.7. The minimum Gasteiger partial charge on any atom is -0.373 e. The van der Waals surface area contributed by atoms with Gasteiger partial charge in [0.1, 0.15) is 5.82 Å². The molecule has 0 atom stereocenters. The topological polar surface area (TPSA) is 84.7 Å². The number of amides is 1. The number of imidazole rings is 1. The van der Waals surface area contributed by atoms with Crippen LogP contribution in [-0.2, 0) is 39.5 Å². The van der Waals surface area contributed by atoms with Crippen LogP contribution in [0.3, 0.4) is 0 Å². The number of aryl methyl sites for hydroxylation is 1. The summed E-state index contributed by atoms with van der Waals surface area (Å²) in [6.45, 7) is 4.09. The highest BCUT2D eigenvalue weighted by molar-refractivity contribution is 7.90. The first-order valence-electron chi connectivity index (χ1n) is 10.6. The largest absolute Gasteiger partial charge is 0.373 e. The number of aromatic nitrogens is 2. The second kappa shape index (κ2) is 8.72. The van der Waals surface area contributed by atoms with Gasteiger partial charge in [-0.15, -0.1) is 0 Å². The fourth-order valence-electron chi connectivity index (χ4n) is 4.37. The van der Waals surface area contributed by atoms with E-state index in [-0.39, 0.29) is 11.5 Å². The van der Waals surface area contributed by atoms with E-state index in [2.05, 4.69) is 9.88 Å². The van der Waals surface area contributed by atoms with Crippen LogP contribution >= 0.6 is 0 Å². The molecule has 31 heavy (non-hydrogen) atoms. The van der Waals surface area contributed by atoms with Gasteiger partial charge in [0.15, 0.2) is 9.84 Å². The van der Waals surface area contributed by atoms with Crippen LogP contribution in [0, 0.1) is 0 Å². The molecule has 8 nitrogen and oxygen atoms in total. The molecule has 0 bridgehead atoms. The molecule has 0 unspecified atom stereocenters. The van der Waals surface area contributed by atoms with Crippen molar-refractivity contribution in [3.05, 3.63) is 48.0 Å². The molecule has 1 amide bonds. The molecule has 1 aromatic carbocycles. The lowest BCUT2D eigenvalue weighted by molar-refractivity contribution is -0.132. The van der Waals surface area contributed by atoms with Crippen molar-refractivity contribution in [2.75, 3.05) is 32.5 Å². The molecular formula is C22H30N4O4S. The second-order valence-corrected chi connectivity index (χ2v) is 10.7. The van der Waals surface area contributed by atoms with E-state index in [1.807, 2.05) is 28.9 Å². The number of likely N-dealkylation sites (tertiary alicyclic amines) is 1. The monoisotopic (exact) mass is 446 g/mol. The zero-order valence-electron chi connectivity index (χ0n) is 18.2. The quantitative estimate of drug-likeness (QED) is 0.694. The first-order chi connectivity index (χ1) is 14.7. The summed E-state index contributed by atoms with van der Waals surface area (Å²) in [5.74, 6) is 1.13. The van der Waals surface area contributed by atoms with E-state index in [9.17, 15) is 13.2 Å². The smallest absolute Gasteiger partial charge is 0.225 e. The number of ether oxygens (including phenoxy) is 1. The number of hydrogen-bond acceptors (Lipinski definition) is 6. The summed E-state index contributed by atoms with van der Waals surface area (Å²) in [5.41, 5.74) is 0.599. The third-order valence-corrected chi connectivity index (χ3v) is 7.46. The molecule has 0 saturated carbocycles. The predicted octanol–water partition coefficient (Wildman–Crippen LogP) is 1.61. The van der Waals surface area contributed by atoms with Crippen molar-refractivity contribution in [3.8, 4) is 0 Å². The SMILES string of the molecule is Cn1ccnc1CN1CCC2(CC1)CN(Cc1ccc(S(C)(=O)=O)cc1)C(=O)CCO2. The minimum absolute atomic E-state index is 0.0829. The maximum absolute atomic E-state index is 12.7. The van der Waals surface area contributed by atoms with Gasteiger partial charge < -0.3 is 14.2 Å². The Hall–Kier alpha value is -2.23. The van der Waals surface area contributed by atoms with Crippen LogP contribution < -0.4 is 0 Å². The maximum Gasteiger partial charge on any atom is 0.225 e. The van der Waals surface area contributed by atoms with Gasteiger partial charge in [0.25, 0.3) is 0 Å². The minimum atomic E-state index is -3.23. The number of nitrogens with zero attached hydrogens (tertiary/aromatic N) is 4. The predicted molar refractivity (Wildman–Crippen MR) is 116 cm³/mol. The van der Waals surface area contributed by atoms with Crippen molar-refractivity contribution in [2.45, 2.75) is 42.8 Å². The number of carbonyl (C=O) groups is 1. The highest BCUT2D eigenvalue weighted by atomic mass is 32.2. The molecule has 1 spiro atoms. The van der Waals surface area contributed by atoms with Crippen LogP contribution in [-0.4, -0.2) is 71.8 Å². The first-order valence-corrected chi connectivity index (χ1v) is 12.5. The summed E-state index contributed by atoms with van der Waals surface area (Å²) in [5, 5.41) is 0. The van der Waals surface area contributed by atoms with Crippen LogP contribution in [0.4, 0.5) is 0 Å². The molecule has 168 valence electrons. The Morgan fingerprint density at radius 3 is 2.45 bits per heavy atom. The average molecular weight is 447 g/mol. The van der Waals surface area contributed by atoms with E-state index in [1.165, 1.54) is 6.26 Å². The van der Waals surface area contributed by atoms with Crippen molar-refractivity contribution >= 4 is 15.7 Å². The zero-order valence-corrected chi connectivity index (χ0v) is 19.0. The number of hydrogen-bond donors (Lipinski definition) is 0. The van der Waals surface area contributed by atoms with Crippen LogP contribution in [0.25, 0.3) is 0 Å². The standard InChI is InChI=1S/C22H30N4O4S/c1-24-13-10-23-20(24)16-25-11-8-22(9-12-25)17-26(21(27)7-14-30-22)15-18-3-5-19(6-4-18)31(2,28)29/h3-6,10,13H,7-9,11-12,14-17H2,1-2H3. The van der Waals surface area contributed by atoms with Crippen molar-refractivity contribution < 1.29 is 17.9 Å². The van der Waals surface area contributed by atoms with E-state index in [0.717, 1.165) is 43.9 Å². The van der Waals surface area contributed by atoms with E-state index < -0.39 is 9.84 Å². The average Bonchev–Trinajstić information content (AvgIpc) is 3.06. The highest BCUT2D eigenvalue weighted by Gasteiger charge is 2.40. The zero-order chi connectivity index (χ0) is 22.1. The Morgan fingerprint density at radius 1 is 1.13 bits per heavy atom. The van der Waals surface area contributed by atoms with Gasteiger partial charge in [-0.05, 0) is 30.5 Å². The molecule has 4 rings (SSSR count). The summed E-state index contributed by atoms with van der Waals surface area (Å²) in [6, 6.07) is 6.79. The molecular weight excluding hydrogens is 416 g/mol. The number of sulfone groups is 1. The van der Waals surface area contributed by atoms with Crippen molar-refractivity contribution in [3.63, 3.8) is 0 Å². The van der Waals surface area contributed by atoms with Crippen molar-refractivity contribution in [2.24, 2.45) is 7.05 Å². The molecule has 2 fully saturated rings. The lowest BCUT2D eigenvalue weighted by Gasteiger charge is -2.42. The van der Waals surface area contributed by atoms with Gasteiger partial charge in [-0.1, -0.05) is 12.1 Å². The molecule has 9 heteroatoms. The Labute approximate surface area is 183 Å². The Kier molecular flexibility index (Phi) is 6.18.